The summed E-state index contributed by atoms with van der Waals surface area (Å²) in [5, 5.41) is 0. The van der Waals surface area contributed by atoms with Crippen LogP contribution in [-0.4, -0.2) is 71.1 Å². The first-order valence-electron chi connectivity index (χ1n) is 14.0. The smallest absolute Gasteiger partial charge is 0.387 e. The third-order valence-electron chi connectivity index (χ3n) is 8.60. The summed E-state index contributed by atoms with van der Waals surface area (Å²) >= 11 is 0. The standard InChI is InChI=1S/C30H36F4N3O3S/c1-21-7-6-10-27(35-11-13-36(14-12-35)41(39)20-22-8-4-3-5-9-22)28(40-19-23-18-30(23,33)34)29(38)37(21,2)26-16-24(31)15-25(32)17-26/h3-5,8-9,15-17,21,23H,6-7,10-14,18-20H2,1-2H3/q+1. The highest BCUT2D eigenvalue weighted by atomic mass is 32.2. The fourth-order valence-electron chi connectivity index (χ4n) is 5.70. The largest absolute Gasteiger partial charge is 0.483 e. The highest BCUT2D eigenvalue weighted by Gasteiger charge is 2.58. The molecule has 2 aliphatic heterocycles. The molecule has 1 amide bonds. The third-order valence-corrected chi connectivity index (χ3v) is 10.1. The molecule has 41 heavy (non-hydrogen) atoms. The first kappa shape index (κ1) is 29.7. The Morgan fingerprint density at radius 3 is 2.29 bits per heavy atom. The lowest BCUT2D eigenvalue weighted by Crippen LogP contribution is -2.59. The van der Waals surface area contributed by atoms with Crippen molar-refractivity contribution in [1.29, 1.82) is 0 Å². The number of benzene rings is 2. The van der Waals surface area contributed by atoms with Crippen LogP contribution in [0.2, 0.25) is 0 Å². The van der Waals surface area contributed by atoms with Gasteiger partial charge in [0.2, 0.25) is 5.76 Å². The third kappa shape index (κ3) is 6.36. The number of likely N-dealkylation sites (N-methyl/N-ethyl adjacent to an activating group) is 1. The fourth-order valence-corrected chi connectivity index (χ4v) is 6.93. The summed E-state index contributed by atoms with van der Waals surface area (Å²) < 4.78 is 76.6. The number of nitrogens with zero attached hydrogens (tertiary/aromatic N) is 3. The quantitative estimate of drug-likeness (QED) is 0.305. The van der Waals surface area contributed by atoms with E-state index in [9.17, 15) is 26.6 Å². The molecule has 0 N–H and O–H groups in total. The van der Waals surface area contributed by atoms with Gasteiger partial charge in [-0.25, -0.2) is 35.4 Å². The second kappa shape index (κ2) is 11.9. The van der Waals surface area contributed by atoms with Gasteiger partial charge in [-0.05, 0) is 25.3 Å². The highest BCUT2D eigenvalue weighted by molar-refractivity contribution is 7.81. The summed E-state index contributed by atoms with van der Waals surface area (Å²) in [7, 11) is 0.380. The number of rotatable bonds is 8. The van der Waals surface area contributed by atoms with Crippen molar-refractivity contribution >= 4 is 22.6 Å². The molecule has 2 heterocycles. The number of carbonyl (C=O) groups is 1. The predicted octanol–water partition coefficient (Wildman–Crippen LogP) is 5.37. The lowest BCUT2D eigenvalue weighted by atomic mass is 9.99. The summed E-state index contributed by atoms with van der Waals surface area (Å²) in [5.41, 5.74) is 1.73. The summed E-state index contributed by atoms with van der Waals surface area (Å²) in [6, 6.07) is 12.3. The average molecular weight is 595 g/mol. The van der Waals surface area contributed by atoms with E-state index in [4.69, 9.17) is 4.74 Å². The van der Waals surface area contributed by atoms with Crippen molar-refractivity contribution in [3.05, 3.63) is 77.2 Å². The van der Waals surface area contributed by atoms with Gasteiger partial charge in [0.15, 0.2) is 0 Å². The van der Waals surface area contributed by atoms with Gasteiger partial charge >= 0.3 is 5.91 Å². The molecule has 4 atom stereocenters. The van der Waals surface area contributed by atoms with Crippen LogP contribution in [0.5, 0.6) is 0 Å². The van der Waals surface area contributed by atoms with E-state index in [0.29, 0.717) is 56.9 Å². The van der Waals surface area contributed by atoms with Crippen LogP contribution < -0.4 is 4.48 Å². The van der Waals surface area contributed by atoms with Gasteiger partial charge in [-0.1, -0.05) is 30.3 Å². The minimum absolute atomic E-state index is 0.0229. The number of hydrogen-bond donors (Lipinski definition) is 0. The van der Waals surface area contributed by atoms with Crippen LogP contribution in [0.4, 0.5) is 23.2 Å². The molecule has 5 rings (SSSR count). The number of ether oxygens (including phenoxy) is 1. The molecule has 11 heteroatoms. The Bertz CT molecular complexity index is 1310. The maximum atomic E-state index is 14.3. The predicted molar refractivity (Wildman–Crippen MR) is 150 cm³/mol. The van der Waals surface area contributed by atoms with Crippen molar-refractivity contribution in [2.75, 3.05) is 39.8 Å². The van der Waals surface area contributed by atoms with E-state index < -0.39 is 44.9 Å². The molecular formula is C30H36F4N3O3S+. The lowest BCUT2D eigenvalue weighted by molar-refractivity contribution is -0.131. The number of piperazine rings is 1. The zero-order valence-electron chi connectivity index (χ0n) is 23.3. The van der Waals surface area contributed by atoms with E-state index in [0.717, 1.165) is 23.8 Å². The fraction of sp³-hybridized carbons (Fsp3) is 0.500. The van der Waals surface area contributed by atoms with Crippen LogP contribution in [0.3, 0.4) is 0 Å². The molecule has 0 aromatic heterocycles. The van der Waals surface area contributed by atoms with Crippen molar-refractivity contribution in [2.45, 2.75) is 50.3 Å². The van der Waals surface area contributed by atoms with Gasteiger partial charge in [0.05, 0.1) is 48.0 Å². The molecule has 2 aromatic rings. The normalized spacial score (nSPS) is 27.8. The molecule has 0 spiro atoms. The summed E-state index contributed by atoms with van der Waals surface area (Å²) in [4.78, 5) is 16.4. The molecule has 6 nitrogen and oxygen atoms in total. The molecule has 2 fully saturated rings. The Balaban J connectivity index is 1.43. The van der Waals surface area contributed by atoms with E-state index in [1.807, 2.05) is 46.5 Å². The maximum absolute atomic E-state index is 14.3. The summed E-state index contributed by atoms with van der Waals surface area (Å²) in [5.74, 6) is -5.53. The van der Waals surface area contributed by atoms with E-state index in [1.165, 1.54) is 0 Å². The first-order chi connectivity index (χ1) is 19.5. The van der Waals surface area contributed by atoms with Crippen LogP contribution in [0.15, 0.2) is 60.0 Å². The van der Waals surface area contributed by atoms with Crippen molar-refractivity contribution in [2.24, 2.45) is 5.92 Å². The summed E-state index contributed by atoms with van der Waals surface area (Å²) in [6.45, 7) is 3.46. The minimum Gasteiger partial charge on any atom is -0.483 e. The molecule has 1 saturated heterocycles. The van der Waals surface area contributed by atoms with Crippen molar-refractivity contribution in [1.82, 2.24) is 13.7 Å². The summed E-state index contributed by atoms with van der Waals surface area (Å²) in [6.07, 6.45) is 1.46. The molecule has 222 valence electrons. The molecular weight excluding hydrogens is 558 g/mol. The molecule has 1 saturated carbocycles. The van der Waals surface area contributed by atoms with Crippen molar-refractivity contribution in [3.8, 4) is 0 Å². The van der Waals surface area contributed by atoms with Gasteiger partial charge < -0.3 is 9.64 Å². The Morgan fingerprint density at radius 1 is 1.05 bits per heavy atom. The van der Waals surface area contributed by atoms with Gasteiger partial charge in [0.1, 0.15) is 17.3 Å². The number of halogens is 4. The molecule has 4 unspecified atom stereocenters. The average Bonchev–Trinajstić information content (AvgIpc) is 3.56. The molecule has 2 aromatic carbocycles. The second-order valence-corrected chi connectivity index (χ2v) is 12.8. The highest BCUT2D eigenvalue weighted by Crippen LogP contribution is 2.49. The Hall–Kier alpha value is -2.76. The number of carbonyl (C=O) groups excluding carboxylic acids is 1. The van der Waals surface area contributed by atoms with Gasteiger partial charge in [0.25, 0.3) is 5.92 Å². The Kier molecular flexibility index (Phi) is 8.59. The number of allylic oxidation sites excluding steroid dienone is 1. The molecule has 0 radical (unpaired) electrons. The van der Waals surface area contributed by atoms with E-state index in [-0.39, 0.29) is 30.5 Å². The van der Waals surface area contributed by atoms with E-state index >= 15 is 0 Å². The molecule has 0 bridgehead atoms. The van der Waals surface area contributed by atoms with Crippen LogP contribution in [0, 0.1) is 17.6 Å². The van der Waals surface area contributed by atoms with Gasteiger partial charge in [-0.2, -0.15) is 0 Å². The van der Waals surface area contributed by atoms with Gasteiger partial charge in [-0.15, -0.1) is 0 Å². The maximum Gasteiger partial charge on any atom is 0.387 e. The van der Waals surface area contributed by atoms with Crippen LogP contribution >= 0.6 is 0 Å². The van der Waals surface area contributed by atoms with Gasteiger partial charge in [-0.3, -0.25) is 0 Å². The monoisotopic (exact) mass is 594 g/mol. The number of amides is 1. The topological polar surface area (TPSA) is 49.9 Å². The van der Waals surface area contributed by atoms with Gasteiger partial charge in [0, 0.05) is 57.2 Å². The van der Waals surface area contributed by atoms with Crippen molar-refractivity contribution < 1.29 is 31.3 Å². The van der Waals surface area contributed by atoms with E-state index in [2.05, 4.69) is 0 Å². The Morgan fingerprint density at radius 2 is 1.68 bits per heavy atom. The van der Waals surface area contributed by atoms with E-state index in [1.54, 1.807) is 7.05 Å². The zero-order valence-corrected chi connectivity index (χ0v) is 24.1. The van der Waals surface area contributed by atoms with Crippen LogP contribution in [0.1, 0.15) is 38.2 Å². The van der Waals surface area contributed by atoms with Crippen molar-refractivity contribution in [3.63, 3.8) is 0 Å². The molecule has 1 aliphatic carbocycles. The second-order valence-electron chi connectivity index (χ2n) is 11.4. The SMILES string of the molecule is CC1CCCC(N2CCN(S(=O)Cc3ccccc3)CC2)=C(OCC2CC2(F)F)C(=O)[N+]1(C)c1cc(F)cc(F)c1. The lowest BCUT2D eigenvalue weighted by Gasteiger charge is -2.41. The minimum atomic E-state index is -2.82. The van der Waals surface area contributed by atoms with Crippen LogP contribution in [0.25, 0.3) is 0 Å². The Labute approximate surface area is 240 Å². The number of hydrogen-bond acceptors (Lipinski definition) is 4. The number of alkyl halides is 2. The first-order valence-corrected chi connectivity index (χ1v) is 15.3. The molecule has 3 aliphatic rings. The van der Waals surface area contributed by atoms with Crippen LogP contribution in [-0.2, 0) is 26.3 Å². The zero-order chi connectivity index (χ0) is 29.4. The number of quaternary nitrogens is 1.